The van der Waals surface area contributed by atoms with Crippen LogP contribution in [0.3, 0.4) is 0 Å². The van der Waals surface area contributed by atoms with Crippen LogP contribution in [0.4, 0.5) is 4.79 Å². The third kappa shape index (κ3) is 7.27. The minimum absolute atomic E-state index is 0.0587. The number of hydrogen-bond donors (Lipinski definition) is 1. The fraction of sp³-hybridized carbons (Fsp3) is 0.257. The zero-order chi connectivity index (χ0) is 30.4. The first-order valence-corrected chi connectivity index (χ1v) is 14.3. The molecule has 5 rings (SSSR count). The number of ether oxygens (including phenoxy) is 3. The topological polar surface area (TPSA) is 88.5 Å². The first kappa shape index (κ1) is 29.5. The van der Waals surface area contributed by atoms with Crippen LogP contribution in [-0.2, 0) is 17.8 Å². The van der Waals surface area contributed by atoms with E-state index in [0.29, 0.717) is 24.6 Å². The Labute approximate surface area is 252 Å². The van der Waals surface area contributed by atoms with E-state index in [1.165, 1.54) is 0 Å². The van der Waals surface area contributed by atoms with Crippen molar-refractivity contribution in [2.45, 2.75) is 44.6 Å². The number of carbonyl (C=O) groups is 2. The summed E-state index contributed by atoms with van der Waals surface area (Å²) >= 11 is 0. The highest BCUT2D eigenvalue weighted by atomic mass is 16.5. The number of carbonyl (C=O) groups excluding carboxylic acids is 1. The summed E-state index contributed by atoms with van der Waals surface area (Å²) in [6.07, 6.45) is -0.0947. The lowest BCUT2D eigenvalue weighted by atomic mass is 9.96. The van der Waals surface area contributed by atoms with E-state index in [2.05, 4.69) is 0 Å². The lowest BCUT2D eigenvalue weighted by Crippen LogP contribution is -2.43. The Morgan fingerprint density at radius 1 is 0.860 bits per heavy atom. The van der Waals surface area contributed by atoms with Gasteiger partial charge < -0.3 is 29.1 Å². The maximum absolute atomic E-state index is 13.1. The Bertz CT molecular complexity index is 1530. The predicted molar refractivity (Wildman–Crippen MR) is 164 cm³/mol. The van der Waals surface area contributed by atoms with Gasteiger partial charge in [-0.15, -0.1) is 0 Å². The number of urea groups is 1. The molecule has 8 nitrogen and oxygen atoms in total. The molecule has 1 aliphatic heterocycles. The molecule has 0 saturated carbocycles. The molecule has 4 aromatic rings. The van der Waals surface area contributed by atoms with Crippen LogP contribution in [-0.4, -0.2) is 58.2 Å². The Morgan fingerprint density at radius 3 is 2.14 bits per heavy atom. The molecule has 43 heavy (non-hydrogen) atoms. The van der Waals surface area contributed by atoms with Crippen molar-refractivity contribution >= 4 is 12.0 Å². The summed E-state index contributed by atoms with van der Waals surface area (Å²) in [7, 11) is 1.80. The summed E-state index contributed by atoms with van der Waals surface area (Å²) in [5, 5.41) is 9.89. The minimum atomic E-state index is -1.43. The van der Waals surface area contributed by atoms with E-state index < -0.39 is 11.6 Å². The van der Waals surface area contributed by atoms with Crippen molar-refractivity contribution in [3.8, 4) is 23.0 Å². The van der Waals surface area contributed by atoms with Gasteiger partial charge in [0.25, 0.3) is 0 Å². The van der Waals surface area contributed by atoms with Gasteiger partial charge in [0.15, 0.2) is 0 Å². The zero-order valence-electron chi connectivity index (χ0n) is 24.6. The standard InChI is InChI=1S/C35H36N2O6/c1-25(41-29-19-17-26(18-20-29)22-35(2,33(38)39)43-30-14-8-5-9-15-30)32-24-37(34(40)36(32)3)23-27-11-10-16-31(21-27)42-28-12-6-4-7-13-28/h4-21,25,32H,22-24H2,1-3H3,(H,38,39). The molecule has 1 N–H and O–H groups in total. The highest BCUT2D eigenvalue weighted by Crippen LogP contribution is 2.27. The van der Waals surface area contributed by atoms with Crippen LogP contribution in [0.25, 0.3) is 0 Å². The number of amides is 2. The Kier molecular flexibility index (Phi) is 8.85. The molecule has 1 fully saturated rings. The van der Waals surface area contributed by atoms with Gasteiger partial charge in [-0.3, -0.25) is 0 Å². The number of nitrogens with zero attached hydrogens (tertiary/aromatic N) is 2. The fourth-order valence-electron chi connectivity index (χ4n) is 5.21. The van der Waals surface area contributed by atoms with Crippen molar-refractivity contribution < 1.29 is 28.9 Å². The lowest BCUT2D eigenvalue weighted by molar-refractivity contribution is -0.153. The molecule has 8 heteroatoms. The van der Waals surface area contributed by atoms with E-state index in [9.17, 15) is 14.7 Å². The normalized spacial score (nSPS) is 16.8. The molecule has 3 unspecified atom stereocenters. The number of carboxylic acids is 1. The first-order valence-electron chi connectivity index (χ1n) is 14.3. The first-order chi connectivity index (χ1) is 20.7. The number of para-hydroxylation sites is 2. The monoisotopic (exact) mass is 580 g/mol. The predicted octanol–water partition coefficient (Wildman–Crippen LogP) is 6.65. The number of benzene rings is 4. The van der Waals surface area contributed by atoms with Gasteiger partial charge in [0.2, 0.25) is 5.60 Å². The number of hydrogen-bond acceptors (Lipinski definition) is 5. The molecule has 1 saturated heterocycles. The van der Waals surface area contributed by atoms with Gasteiger partial charge in [-0.2, -0.15) is 0 Å². The smallest absolute Gasteiger partial charge is 0.348 e. The molecule has 3 atom stereocenters. The van der Waals surface area contributed by atoms with Crippen molar-refractivity contribution in [2.75, 3.05) is 13.6 Å². The average Bonchev–Trinajstić information content (AvgIpc) is 3.28. The number of carboxylic acid groups (broad SMARTS) is 1. The molecule has 0 bridgehead atoms. The fourth-order valence-corrected chi connectivity index (χ4v) is 5.21. The summed E-state index contributed by atoms with van der Waals surface area (Å²) in [6.45, 7) is 4.50. The number of likely N-dealkylation sites (N-methyl/N-ethyl adjacent to an activating group) is 1. The van der Waals surface area contributed by atoms with Crippen molar-refractivity contribution in [2.24, 2.45) is 0 Å². The molecular formula is C35H36N2O6. The van der Waals surface area contributed by atoms with Crippen LogP contribution in [0, 0.1) is 0 Å². The summed E-state index contributed by atoms with van der Waals surface area (Å²) in [5.41, 5.74) is 0.351. The summed E-state index contributed by atoms with van der Waals surface area (Å²) in [4.78, 5) is 28.7. The molecular weight excluding hydrogens is 544 g/mol. The molecule has 0 aliphatic carbocycles. The average molecular weight is 581 g/mol. The largest absolute Gasteiger partial charge is 0.489 e. The Balaban J connectivity index is 1.18. The highest BCUT2D eigenvalue weighted by molar-refractivity contribution is 5.78. The van der Waals surface area contributed by atoms with Crippen LogP contribution in [0.1, 0.15) is 25.0 Å². The third-order valence-electron chi connectivity index (χ3n) is 7.60. The molecule has 1 aliphatic rings. The number of rotatable bonds is 12. The number of aliphatic carboxylic acids is 1. The highest BCUT2D eigenvalue weighted by Gasteiger charge is 2.39. The van der Waals surface area contributed by atoms with E-state index >= 15 is 0 Å². The van der Waals surface area contributed by atoms with E-state index in [0.717, 1.165) is 22.6 Å². The second kappa shape index (κ2) is 12.9. The van der Waals surface area contributed by atoms with Crippen LogP contribution in [0.5, 0.6) is 23.0 Å². The SMILES string of the molecule is CC(Oc1ccc(CC(C)(Oc2ccccc2)C(=O)O)cc1)C1CN(Cc2cccc(Oc3ccccc3)c2)C(=O)N1C. The van der Waals surface area contributed by atoms with Crippen molar-refractivity contribution in [3.05, 3.63) is 120 Å². The minimum Gasteiger partial charge on any atom is -0.489 e. The van der Waals surface area contributed by atoms with Crippen LogP contribution >= 0.6 is 0 Å². The Morgan fingerprint density at radius 2 is 1.49 bits per heavy atom. The van der Waals surface area contributed by atoms with Gasteiger partial charge >= 0.3 is 12.0 Å². The zero-order valence-corrected chi connectivity index (χ0v) is 24.6. The van der Waals surface area contributed by atoms with Crippen LogP contribution < -0.4 is 14.2 Å². The van der Waals surface area contributed by atoms with Crippen molar-refractivity contribution in [1.82, 2.24) is 9.80 Å². The second-order valence-electron chi connectivity index (χ2n) is 11.0. The molecule has 1 heterocycles. The summed E-state index contributed by atoms with van der Waals surface area (Å²) < 4.78 is 18.1. The van der Waals surface area contributed by atoms with Gasteiger partial charge in [0.1, 0.15) is 29.1 Å². The maximum Gasteiger partial charge on any atom is 0.348 e. The molecule has 2 amide bonds. The second-order valence-corrected chi connectivity index (χ2v) is 11.0. The van der Waals surface area contributed by atoms with Gasteiger partial charge in [-0.25, -0.2) is 9.59 Å². The van der Waals surface area contributed by atoms with E-state index in [1.54, 1.807) is 43.1 Å². The van der Waals surface area contributed by atoms with Crippen molar-refractivity contribution in [3.63, 3.8) is 0 Å². The van der Waals surface area contributed by atoms with Crippen molar-refractivity contribution in [1.29, 1.82) is 0 Å². The molecule has 0 spiro atoms. The van der Waals surface area contributed by atoms with Crippen LogP contribution in [0.2, 0.25) is 0 Å². The molecule has 222 valence electrons. The summed E-state index contributed by atoms with van der Waals surface area (Å²) in [6, 6.07) is 33.4. The van der Waals surface area contributed by atoms with E-state index in [4.69, 9.17) is 14.2 Å². The molecule has 4 aromatic carbocycles. The van der Waals surface area contributed by atoms with E-state index in [-0.39, 0.29) is 24.6 Å². The third-order valence-corrected chi connectivity index (χ3v) is 7.60. The van der Waals surface area contributed by atoms with E-state index in [1.807, 2.05) is 96.8 Å². The quantitative estimate of drug-likeness (QED) is 0.202. The van der Waals surface area contributed by atoms with Gasteiger partial charge in [-0.1, -0.05) is 60.7 Å². The van der Waals surface area contributed by atoms with Gasteiger partial charge in [-0.05, 0) is 73.5 Å². The maximum atomic E-state index is 13.1. The van der Waals surface area contributed by atoms with Gasteiger partial charge in [0.05, 0.1) is 6.04 Å². The van der Waals surface area contributed by atoms with Crippen LogP contribution in [0.15, 0.2) is 109 Å². The Hall–Kier alpha value is -4.98. The molecule has 0 aromatic heterocycles. The lowest BCUT2D eigenvalue weighted by Gasteiger charge is -2.27. The van der Waals surface area contributed by atoms with Gasteiger partial charge in [0, 0.05) is 26.6 Å². The molecule has 0 radical (unpaired) electrons. The summed E-state index contributed by atoms with van der Waals surface area (Å²) in [5.74, 6) is 1.57.